The normalized spacial score (nSPS) is 26.5. The molecule has 1 aromatic carbocycles. The van der Waals surface area contributed by atoms with Crippen molar-refractivity contribution in [2.24, 2.45) is 5.92 Å². The van der Waals surface area contributed by atoms with Crippen LogP contribution in [0.1, 0.15) is 53.6 Å². The summed E-state index contributed by atoms with van der Waals surface area (Å²) in [5.74, 6) is 1.15. The predicted molar refractivity (Wildman–Crippen MR) is 82.2 cm³/mol. The second-order valence-electron chi connectivity index (χ2n) is 6.59. The molecule has 0 bridgehead atoms. The zero-order valence-electron chi connectivity index (χ0n) is 12.7. The van der Waals surface area contributed by atoms with Gasteiger partial charge in [-0.3, -0.25) is 9.69 Å². The zero-order valence-corrected chi connectivity index (χ0v) is 12.7. The third kappa shape index (κ3) is 2.67. The first-order valence-corrected chi connectivity index (χ1v) is 7.99. The minimum Gasteiger partial charge on any atom is -0.293 e. The molecule has 2 atom stereocenters. The fraction of sp³-hybridized carbons (Fsp3) is 0.611. The molecule has 1 saturated heterocycles. The fourth-order valence-electron chi connectivity index (χ4n) is 3.94. The zero-order chi connectivity index (χ0) is 14.1. The van der Waals surface area contributed by atoms with Crippen molar-refractivity contribution in [3.05, 3.63) is 34.9 Å². The van der Waals surface area contributed by atoms with Crippen LogP contribution in [0.4, 0.5) is 0 Å². The van der Waals surface area contributed by atoms with Gasteiger partial charge >= 0.3 is 0 Å². The quantitative estimate of drug-likeness (QED) is 0.780. The maximum absolute atomic E-state index is 12.5. The molecular formula is C18H25NO. The smallest absolute Gasteiger partial charge is 0.176 e. The Morgan fingerprint density at radius 2 is 1.95 bits per heavy atom. The Balaban J connectivity index is 1.70. The maximum atomic E-state index is 12.5. The molecule has 1 aliphatic carbocycles. The van der Waals surface area contributed by atoms with E-state index in [2.05, 4.69) is 24.8 Å². The molecule has 1 heterocycles. The van der Waals surface area contributed by atoms with E-state index in [1.54, 1.807) is 0 Å². The molecule has 2 unspecified atom stereocenters. The number of piperidine rings is 1. The van der Waals surface area contributed by atoms with Crippen LogP contribution in [0.2, 0.25) is 0 Å². The summed E-state index contributed by atoms with van der Waals surface area (Å²) in [6, 6.07) is 6.78. The Hall–Kier alpha value is -1.15. The fourth-order valence-corrected chi connectivity index (χ4v) is 3.94. The highest BCUT2D eigenvalue weighted by Gasteiger charge is 2.35. The van der Waals surface area contributed by atoms with Crippen molar-refractivity contribution < 1.29 is 4.79 Å². The molecule has 2 nitrogen and oxygen atoms in total. The number of rotatable bonds is 3. The molecule has 1 aromatic rings. The molecule has 1 aliphatic heterocycles. The minimum absolute atomic E-state index is 0.292. The average molecular weight is 271 g/mol. The third-order valence-electron chi connectivity index (χ3n) is 5.28. The van der Waals surface area contributed by atoms with Crippen LogP contribution >= 0.6 is 0 Å². The summed E-state index contributed by atoms with van der Waals surface area (Å²) in [6.07, 6.45) is 6.66. The summed E-state index contributed by atoms with van der Waals surface area (Å²) in [5, 5.41) is 0. The predicted octanol–water partition coefficient (Wildman–Crippen LogP) is 3.75. The number of hydrogen-bond donors (Lipinski definition) is 0. The molecule has 108 valence electrons. The van der Waals surface area contributed by atoms with Gasteiger partial charge < -0.3 is 0 Å². The van der Waals surface area contributed by atoms with E-state index in [1.165, 1.54) is 43.2 Å². The molecule has 20 heavy (non-hydrogen) atoms. The minimum atomic E-state index is 0.292. The van der Waals surface area contributed by atoms with Gasteiger partial charge in [0.05, 0.1) is 6.54 Å². The van der Waals surface area contributed by atoms with Gasteiger partial charge in [0.25, 0.3) is 0 Å². The van der Waals surface area contributed by atoms with E-state index in [0.29, 0.717) is 18.4 Å². The molecule has 2 heteroatoms. The van der Waals surface area contributed by atoms with E-state index in [4.69, 9.17) is 0 Å². The van der Waals surface area contributed by atoms with E-state index in [9.17, 15) is 4.79 Å². The van der Waals surface area contributed by atoms with E-state index >= 15 is 0 Å². The molecule has 2 aliphatic rings. The van der Waals surface area contributed by atoms with Gasteiger partial charge in [-0.15, -0.1) is 0 Å². The van der Waals surface area contributed by atoms with Gasteiger partial charge in [-0.1, -0.05) is 18.6 Å². The van der Waals surface area contributed by atoms with Crippen molar-refractivity contribution in [2.45, 2.75) is 52.0 Å². The standard InChI is InChI=1S/C18H25NO/c1-13-8-9-16(11-14(13)2)18(20)12-19-10-4-6-15-5-3-7-17(15)19/h8-9,11,15,17H,3-7,10,12H2,1-2H3. The summed E-state index contributed by atoms with van der Waals surface area (Å²) < 4.78 is 0. The first-order valence-electron chi connectivity index (χ1n) is 7.99. The summed E-state index contributed by atoms with van der Waals surface area (Å²) in [5.41, 5.74) is 3.36. The van der Waals surface area contributed by atoms with Crippen LogP contribution < -0.4 is 0 Å². The molecule has 0 aromatic heterocycles. The van der Waals surface area contributed by atoms with E-state index in [1.807, 2.05) is 12.1 Å². The van der Waals surface area contributed by atoms with Gasteiger partial charge in [-0.25, -0.2) is 0 Å². The lowest BCUT2D eigenvalue weighted by Gasteiger charge is -2.37. The number of benzene rings is 1. The first-order chi connectivity index (χ1) is 9.65. The average Bonchev–Trinajstić information content (AvgIpc) is 2.91. The van der Waals surface area contributed by atoms with Crippen LogP contribution in [-0.2, 0) is 0 Å². The molecule has 0 N–H and O–H groups in total. The Labute approximate surface area is 122 Å². The molecule has 1 saturated carbocycles. The highest BCUT2D eigenvalue weighted by Crippen LogP contribution is 2.36. The Bertz CT molecular complexity index is 508. The largest absolute Gasteiger partial charge is 0.293 e. The topological polar surface area (TPSA) is 20.3 Å². The Morgan fingerprint density at radius 1 is 1.15 bits per heavy atom. The van der Waals surface area contributed by atoms with Crippen LogP contribution in [0.3, 0.4) is 0 Å². The van der Waals surface area contributed by atoms with Crippen LogP contribution in [0.5, 0.6) is 0 Å². The number of aryl methyl sites for hydroxylation is 2. The SMILES string of the molecule is Cc1ccc(C(=O)CN2CCCC3CCCC32)cc1C. The number of likely N-dealkylation sites (tertiary alicyclic amines) is 1. The highest BCUT2D eigenvalue weighted by molar-refractivity contribution is 5.97. The van der Waals surface area contributed by atoms with Crippen LogP contribution in [0.15, 0.2) is 18.2 Å². The number of carbonyl (C=O) groups excluding carboxylic acids is 1. The van der Waals surface area contributed by atoms with E-state index in [-0.39, 0.29) is 0 Å². The second kappa shape index (κ2) is 5.69. The van der Waals surface area contributed by atoms with Crippen LogP contribution in [0, 0.1) is 19.8 Å². The van der Waals surface area contributed by atoms with E-state index < -0.39 is 0 Å². The van der Waals surface area contributed by atoms with E-state index in [0.717, 1.165) is 18.0 Å². The van der Waals surface area contributed by atoms with Gasteiger partial charge in [-0.05, 0) is 69.2 Å². The highest BCUT2D eigenvalue weighted by atomic mass is 16.1. The Kier molecular flexibility index (Phi) is 3.93. The number of ketones is 1. The van der Waals surface area contributed by atoms with Gasteiger partial charge in [0.15, 0.2) is 5.78 Å². The lowest BCUT2D eigenvalue weighted by Crippen LogP contribution is -2.45. The maximum Gasteiger partial charge on any atom is 0.176 e. The molecule has 0 amide bonds. The van der Waals surface area contributed by atoms with Crippen LogP contribution in [0.25, 0.3) is 0 Å². The second-order valence-corrected chi connectivity index (χ2v) is 6.59. The van der Waals surface area contributed by atoms with Gasteiger partial charge in [-0.2, -0.15) is 0 Å². The summed E-state index contributed by atoms with van der Waals surface area (Å²) in [7, 11) is 0. The number of nitrogens with zero attached hydrogens (tertiary/aromatic N) is 1. The molecular weight excluding hydrogens is 246 g/mol. The van der Waals surface area contributed by atoms with Crippen molar-refractivity contribution in [3.8, 4) is 0 Å². The number of fused-ring (bicyclic) bond motifs is 1. The lowest BCUT2D eigenvalue weighted by molar-refractivity contribution is 0.0777. The first kappa shape index (κ1) is 13.8. The van der Waals surface area contributed by atoms with Crippen molar-refractivity contribution >= 4 is 5.78 Å². The lowest BCUT2D eigenvalue weighted by atomic mass is 9.91. The van der Waals surface area contributed by atoms with Crippen molar-refractivity contribution in [1.29, 1.82) is 0 Å². The van der Waals surface area contributed by atoms with Gasteiger partial charge in [0, 0.05) is 11.6 Å². The number of Topliss-reactive ketones (excluding diaryl/α,β-unsaturated/α-hetero) is 1. The number of carbonyl (C=O) groups is 1. The van der Waals surface area contributed by atoms with Gasteiger partial charge in [0.1, 0.15) is 0 Å². The molecule has 0 spiro atoms. The van der Waals surface area contributed by atoms with Gasteiger partial charge in [0.2, 0.25) is 0 Å². The Morgan fingerprint density at radius 3 is 2.75 bits per heavy atom. The molecule has 2 fully saturated rings. The van der Waals surface area contributed by atoms with Crippen LogP contribution in [-0.4, -0.2) is 29.8 Å². The molecule has 0 radical (unpaired) electrons. The van der Waals surface area contributed by atoms with Crippen molar-refractivity contribution in [2.75, 3.05) is 13.1 Å². The summed E-state index contributed by atoms with van der Waals surface area (Å²) in [6.45, 7) is 5.90. The number of hydrogen-bond acceptors (Lipinski definition) is 2. The van der Waals surface area contributed by atoms with Crippen molar-refractivity contribution in [3.63, 3.8) is 0 Å². The summed E-state index contributed by atoms with van der Waals surface area (Å²) in [4.78, 5) is 15.0. The third-order valence-corrected chi connectivity index (χ3v) is 5.28. The van der Waals surface area contributed by atoms with Crippen molar-refractivity contribution in [1.82, 2.24) is 4.90 Å². The summed E-state index contributed by atoms with van der Waals surface area (Å²) >= 11 is 0. The molecule has 3 rings (SSSR count). The monoisotopic (exact) mass is 271 g/mol.